The Balaban J connectivity index is 1.65. The van der Waals surface area contributed by atoms with E-state index in [-0.39, 0.29) is 0 Å². The Morgan fingerprint density at radius 1 is 1.50 bits per heavy atom. The van der Waals surface area contributed by atoms with Crippen molar-refractivity contribution in [3.8, 4) is 0 Å². The topological polar surface area (TPSA) is 46.0 Å². The maximum absolute atomic E-state index is 4.30. The molecule has 1 atom stereocenters. The number of nitrogens with one attached hydrogen (secondary N) is 1. The van der Waals surface area contributed by atoms with Crippen LogP contribution in [-0.4, -0.2) is 45.8 Å². The van der Waals surface area contributed by atoms with Crippen molar-refractivity contribution in [2.24, 2.45) is 5.41 Å². The van der Waals surface area contributed by atoms with Gasteiger partial charge in [0.25, 0.3) is 0 Å². The van der Waals surface area contributed by atoms with E-state index >= 15 is 0 Å². The quantitative estimate of drug-likeness (QED) is 0.769. The van der Waals surface area contributed by atoms with Crippen LogP contribution in [0.15, 0.2) is 6.33 Å². The molecule has 5 nitrogen and oxygen atoms in total. The molecule has 3 heterocycles. The van der Waals surface area contributed by atoms with E-state index in [0.29, 0.717) is 5.41 Å². The van der Waals surface area contributed by atoms with E-state index in [1.165, 1.54) is 19.5 Å². The highest BCUT2D eigenvalue weighted by Crippen LogP contribution is 2.26. The summed E-state index contributed by atoms with van der Waals surface area (Å²) < 4.78 is 2.02. The molecule has 88 valence electrons. The minimum Gasteiger partial charge on any atom is -0.316 e. The molecular weight excluding hydrogens is 202 g/mol. The molecule has 5 heteroatoms. The summed E-state index contributed by atoms with van der Waals surface area (Å²) in [6, 6.07) is 0. The fourth-order valence-electron chi connectivity index (χ4n) is 2.79. The predicted molar refractivity (Wildman–Crippen MR) is 60.9 cm³/mol. The average Bonchev–Trinajstić information content (AvgIpc) is 2.86. The molecule has 1 saturated heterocycles. The lowest BCUT2D eigenvalue weighted by Crippen LogP contribution is -2.42. The molecular formula is C11H19N5. The zero-order valence-electron chi connectivity index (χ0n) is 9.82. The molecule has 1 aromatic rings. The highest BCUT2D eigenvalue weighted by atomic mass is 15.4. The lowest BCUT2D eigenvalue weighted by molar-refractivity contribution is 0.140. The molecule has 3 rings (SSSR count). The van der Waals surface area contributed by atoms with E-state index in [1.807, 2.05) is 4.68 Å². The highest BCUT2D eigenvalue weighted by Gasteiger charge is 2.32. The summed E-state index contributed by atoms with van der Waals surface area (Å²) in [5.74, 6) is 1.11. The summed E-state index contributed by atoms with van der Waals surface area (Å²) in [7, 11) is 0. The molecule has 1 aromatic heterocycles. The molecule has 0 amide bonds. The van der Waals surface area contributed by atoms with Crippen LogP contribution in [0, 0.1) is 5.41 Å². The van der Waals surface area contributed by atoms with E-state index in [2.05, 4.69) is 27.2 Å². The Bertz CT molecular complexity index is 366. The molecule has 0 aliphatic carbocycles. The number of hydrogen-bond acceptors (Lipinski definition) is 4. The summed E-state index contributed by atoms with van der Waals surface area (Å²) >= 11 is 0. The zero-order chi connectivity index (χ0) is 11.0. The van der Waals surface area contributed by atoms with Gasteiger partial charge in [-0.2, -0.15) is 5.10 Å². The van der Waals surface area contributed by atoms with Gasteiger partial charge in [-0.15, -0.1) is 0 Å². The second kappa shape index (κ2) is 3.82. The van der Waals surface area contributed by atoms with Crippen molar-refractivity contribution in [3.63, 3.8) is 0 Å². The van der Waals surface area contributed by atoms with Gasteiger partial charge in [-0.05, 0) is 18.4 Å². The van der Waals surface area contributed by atoms with Crippen molar-refractivity contribution in [1.82, 2.24) is 25.0 Å². The first-order valence-corrected chi connectivity index (χ1v) is 6.05. The van der Waals surface area contributed by atoms with Gasteiger partial charge in [0.05, 0.1) is 13.1 Å². The standard InChI is InChI=1S/C11H19N5/c1-11(2-3-12-7-11)8-15-4-5-16-10(6-15)13-9-14-16/h9,12H,2-8H2,1H3. The maximum Gasteiger partial charge on any atom is 0.141 e. The van der Waals surface area contributed by atoms with Crippen molar-refractivity contribution in [1.29, 1.82) is 0 Å². The normalized spacial score (nSPS) is 30.6. The first kappa shape index (κ1) is 10.2. The van der Waals surface area contributed by atoms with Crippen LogP contribution in [0.5, 0.6) is 0 Å². The van der Waals surface area contributed by atoms with Gasteiger partial charge in [0.1, 0.15) is 12.2 Å². The van der Waals surface area contributed by atoms with Crippen LogP contribution >= 0.6 is 0 Å². The van der Waals surface area contributed by atoms with E-state index in [0.717, 1.165) is 32.0 Å². The summed E-state index contributed by atoms with van der Waals surface area (Å²) in [5.41, 5.74) is 0.447. The second-order valence-corrected chi connectivity index (χ2v) is 5.35. The summed E-state index contributed by atoms with van der Waals surface area (Å²) in [6.07, 6.45) is 2.95. The third kappa shape index (κ3) is 1.85. The van der Waals surface area contributed by atoms with Crippen molar-refractivity contribution < 1.29 is 0 Å². The summed E-state index contributed by atoms with van der Waals surface area (Å²) in [5, 5.41) is 7.66. The molecule has 0 spiro atoms. The van der Waals surface area contributed by atoms with Crippen LogP contribution < -0.4 is 5.32 Å². The maximum atomic E-state index is 4.30. The van der Waals surface area contributed by atoms with E-state index in [4.69, 9.17) is 0 Å². The monoisotopic (exact) mass is 221 g/mol. The lowest BCUT2D eigenvalue weighted by atomic mass is 9.89. The van der Waals surface area contributed by atoms with Gasteiger partial charge in [-0.3, -0.25) is 4.90 Å². The Morgan fingerprint density at radius 3 is 3.25 bits per heavy atom. The molecule has 0 bridgehead atoms. The van der Waals surface area contributed by atoms with Crippen LogP contribution in [0.2, 0.25) is 0 Å². The van der Waals surface area contributed by atoms with Crippen molar-refractivity contribution in [2.75, 3.05) is 26.2 Å². The van der Waals surface area contributed by atoms with Crippen LogP contribution in [0.25, 0.3) is 0 Å². The number of hydrogen-bond donors (Lipinski definition) is 1. The zero-order valence-corrected chi connectivity index (χ0v) is 9.82. The molecule has 0 saturated carbocycles. The van der Waals surface area contributed by atoms with Crippen molar-refractivity contribution in [2.45, 2.75) is 26.4 Å². The molecule has 16 heavy (non-hydrogen) atoms. The molecule has 1 fully saturated rings. The van der Waals surface area contributed by atoms with Crippen LogP contribution in [0.1, 0.15) is 19.2 Å². The van der Waals surface area contributed by atoms with Gasteiger partial charge in [-0.25, -0.2) is 9.67 Å². The minimum atomic E-state index is 0.447. The SMILES string of the molecule is CC1(CN2CCn3ncnc3C2)CCNC1. The highest BCUT2D eigenvalue weighted by molar-refractivity contribution is 4.92. The Kier molecular flexibility index (Phi) is 2.44. The number of nitrogens with zero attached hydrogens (tertiary/aromatic N) is 4. The van der Waals surface area contributed by atoms with E-state index in [9.17, 15) is 0 Å². The van der Waals surface area contributed by atoms with Gasteiger partial charge in [0, 0.05) is 19.6 Å². The molecule has 0 radical (unpaired) electrons. The molecule has 0 aromatic carbocycles. The van der Waals surface area contributed by atoms with Gasteiger partial charge < -0.3 is 5.32 Å². The Morgan fingerprint density at radius 2 is 2.44 bits per heavy atom. The fraction of sp³-hybridized carbons (Fsp3) is 0.818. The van der Waals surface area contributed by atoms with Gasteiger partial charge in [0.2, 0.25) is 0 Å². The van der Waals surface area contributed by atoms with Gasteiger partial charge in [0.15, 0.2) is 0 Å². The number of aromatic nitrogens is 3. The largest absolute Gasteiger partial charge is 0.316 e. The fourth-order valence-corrected chi connectivity index (χ4v) is 2.79. The van der Waals surface area contributed by atoms with Gasteiger partial charge in [-0.1, -0.05) is 6.92 Å². The molecule has 1 unspecified atom stereocenters. The van der Waals surface area contributed by atoms with Crippen LogP contribution in [-0.2, 0) is 13.1 Å². The minimum absolute atomic E-state index is 0.447. The average molecular weight is 221 g/mol. The van der Waals surface area contributed by atoms with Crippen molar-refractivity contribution in [3.05, 3.63) is 12.2 Å². The molecule has 2 aliphatic rings. The number of fused-ring (bicyclic) bond motifs is 1. The predicted octanol–water partition coefficient (Wildman–Crippen LogP) is 0.0933. The second-order valence-electron chi connectivity index (χ2n) is 5.35. The van der Waals surface area contributed by atoms with E-state index in [1.54, 1.807) is 6.33 Å². The molecule has 2 aliphatic heterocycles. The first-order chi connectivity index (χ1) is 7.75. The Labute approximate surface area is 95.8 Å². The van der Waals surface area contributed by atoms with E-state index < -0.39 is 0 Å². The smallest absolute Gasteiger partial charge is 0.141 e. The third-order valence-corrected chi connectivity index (χ3v) is 3.75. The molecule has 1 N–H and O–H groups in total. The van der Waals surface area contributed by atoms with Crippen molar-refractivity contribution >= 4 is 0 Å². The number of rotatable bonds is 2. The summed E-state index contributed by atoms with van der Waals surface area (Å²) in [4.78, 5) is 6.81. The summed E-state index contributed by atoms with van der Waals surface area (Å²) in [6.45, 7) is 8.91. The Hall–Kier alpha value is -0.940. The van der Waals surface area contributed by atoms with Crippen LogP contribution in [0.4, 0.5) is 0 Å². The third-order valence-electron chi connectivity index (χ3n) is 3.75. The van der Waals surface area contributed by atoms with Gasteiger partial charge >= 0.3 is 0 Å². The lowest BCUT2D eigenvalue weighted by Gasteiger charge is -2.33. The first-order valence-electron chi connectivity index (χ1n) is 6.05. The van der Waals surface area contributed by atoms with Crippen LogP contribution in [0.3, 0.4) is 0 Å².